The van der Waals surface area contributed by atoms with Crippen molar-refractivity contribution in [1.82, 2.24) is 10.9 Å². The largest absolute Gasteiger partial charge is 0.483 e. The number of amides is 2. The SMILES string of the molecule is Cc1ccc(O[C@H](C)C(=O)NNC(=O)COc2cccc3ccccc23)cc1. The van der Waals surface area contributed by atoms with E-state index in [1.54, 1.807) is 25.1 Å². The van der Waals surface area contributed by atoms with Crippen molar-refractivity contribution in [2.24, 2.45) is 0 Å². The van der Waals surface area contributed by atoms with Crippen molar-refractivity contribution in [3.8, 4) is 11.5 Å². The van der Waals surface area contributed by atoms with E-state index < -0.39 is 17.9 Å². The topological polar surface area (TPSA) is 76.7 Å². The Morgan fingerprint density at radius 3 is 2.43 bits per heavy atom. The molecule has 28 heavy (non-hydrogen) atoms. The second kappa shape index (κ2) is 8.90. The van der Waals surface area contributed by atoms with Crippen LogP contribution in [0, 0.1) is 6.92 Å². The summed E-state index contributed by atoms with van der Waals surface area (Å²) in [6, 6.07) is 20.7. The number of benzene rings is 3. The standard InChI is InChI=1S/C22H22N2O4/c1-15-10-12-18(13-11-15)28-16(2)22(26)24-23-21(25)14-27-20-9-5-7-17-6-3-4-8-19(17)20/h3-13,16H,14H2,1-2H3,(H,23,25)(H,24,26)/t16-/m1/s1. The number of rotatable bonds is 6. The van der Waals surface area contributed by atoms with E-state index in [0.717, 1.165) is 16.3 Å². The molecule has 1 atom stereocenters. The van der Waals surface area contributed by atoms with Gasteiger partial charge in [0.2, 0.25) is 0 Å². The molecule has 0 aromatic heterocycles. The van der Waals surface area contributed by atoms with Crippen molar-refractivity contribution in [3.05, 3.63) is 72.3 Å². The van der Waals surface area contributed by atoms with Crippen molar-refractivity contribution in [1.29, 1.82) is 0 Å². The summed E-state index contributed by atoms with van der Waals surface area (Å²) >= 11 is 0. The van der Waals surface area contributed by atoms with Crippen LogP contribution in [0.3, 0.4) is 0 Å². The summed E-state index contributed by atoms with van der Waals surface area (Å²) in [5.41, 5.74) is 5.78. The van der Waals surface area contributed by atoms with Crippen LogP contribution < -0.4 is 20.3 Å². The minimum Gasteiger partial charge on any atom is -0.483 e. The molecule has 0 spiro atoms. The van der Waals surface area contributed by atoms with Gasteiger partial charge in [0.1, 0.15) is 11.5 Å². The summed E-state index contributed by atoms with van der Waals surface area (Å²) in [6.45, 7) is 3.35. The normalized spacial score (nSPS) is 11.5. The first-order chi connectivity index (χ1) is 13.5. The Bertz CT molecular complexity index is 964. The van der Waals surface area contributed by atoms with Gasteiger partial charge in [-0.2, -0.15) is 0 Å². The zero-order chi connectivity index (χ0) is 19.9. The van der Waals surface area contributed by atoms with Gasteiger partial charge >= 0.3 is 0 Å². The second-order valence-electron chi connectivity index (χ2n) is 6.38. The van der Waals surface area contributed by atoms with E-state index in [1.807, 2.05) is 55.5 Å². The van der Waals surface area contributed by atoms with Crippen LogP contribution in [0.5, 0.6) is 11.5 Å². The van der Waals surface area contributed by atoms with Crippen LogP contribution in [0.1, 0.15) is 12.5 Å². The zero-order valence-corrected chi connectivity index (χ0v) is 15.8. The number of hydrogen-bond donors (Lipinski definition) is 2. The molecule has 3 aromatic carbocycles. The number of aryl methyl sites for hydroxylation is 1. The molecule has 0 aliphatic carbocycles. The predicted molar refractivity (Wildman–Crippen MR) is 107 cm³/mol. The van der Waals surface area contributed by atoms with E-state index in [2.05, 4.69) is 10.9 Å². The van der Waals surface area contributed by atoms with Gasteiger partial charge in [-0.05, 0) is 37.4 Å². The molecular formula is C22H22N2O4. The van der Waals surface area contributed by atoms with Crippen molar-refractivity contribution in [2.75, 3.05) is 6.61 Å². The maximum Gasteiger partial charge on any atom is 0.279 e. The van der Waals surface area contributed by atoms with Crippen LogP contribution in [0.15, 0.2) is 66.7 Å². The molecule has 0 aliphatic rings. The number of fused-ring (bicyclic) bond motifs is 1. The molecule has 0 unspecified atom stereocenters. The van der Waals surface area contributed by atoms with E-state index in [0.29, 0.717) is 11.5 Å². The van der Waals surface area contributed by atoms with E-state index in [9.17, 15) is 9.59 Å². The number of nitrogens with one attached hydrogen (secondary N) is 2. The fourth-order valence-corrected chi connectivity index (χ4v) is 2.61. The van der Waals surface area contributed by atoms with Crippen LogP contribution in [-0.2, 0) is 9.59 Å². The summed E-state index contributed by atoms with van der Waals surface area (Å²) in [7, 11) is 0. The first-order valence-electron chi connectivity index (χ1n) is 8.95. The minimum atomic E-state index is -0.762. The van der Waals surface area contributed by atoms with Gasteiger partial charge in [-0.1, -0.05) is 54.1 Å². The highest BCUT2D eigenvalue weighted by Crippen LogP contribution is 2.24. The highest BCUT2D eigenvalue weighted by atomic mass is 16.5. The summed E-state index contributed by atoms with van der Waals surface area (Å²) in [5.74, 6) is 0.262. The van der Waals surface area contributed by atoms with Crippen molar-refractivity contribution in [2.45, 2.75) is 20.0 Å². The molecule has 6 nitrogen and oxygen atoms in total. The fraction of sp³-hybridized carbons (Fsp3) is 0.182. The molecule has 3 aromatic rings. The van der Waals surface area contributed by atoms with Crippen molar-refractivity contribution >= 4 is 22.6 Å². The molecule has 0 heterocycles. The Labute approximate surface area is 163 Å². The predicted octanol–water partition coefficient (Wildman–Crippen LogP) is 3.14. The molecule has 0 fully saturated rings. The highest BCUT2D eigenvalue weighted by molar-refractivity contribution is 5.89. The van der Waals surface area contributed by atoms with Gasteiger partial charge in [0, 0.05) is 5.39 Å². The summed E-state index contributed by atoms with van der Waals surface area (Å²) in [5, 5.41) is 1.94. The number of hydrogen-bond acceptors (Lipinski definition) is 4. The van der Waals surface area contributed by atoms with Gasteiger partial charge in [0.15, 0.2) is 12.7 Å². The summed E-state index contributed by atoms with van der Waals surface area (Å²) < 4.78 is 11.1. The van der Waals surface area contributed by atoms with E-state index in [4.69, 9.17) is 9.47 Å². The Balaban J connectivity index is 1.47. The first kappa shape index (κ1) is 19.2. The molecule has 2 N–H and O–H groups in total. The zero-order valence-electron chi connectivity index (χ0n) is 15.8. The molecular weight excluding hydrogens is 356 g/mol. The van der Waals surface area contributed by atoms with Crippen LogP contribution in [0.2, 0.25) is 0 Å². The molecule has 0 saturated carbocycles. The average Bonchev–Trinajstić information content (AvgIpc) is 2.72. The molecule has 0 bridgehead atoms. The number of carbonyl (C=O) groups is 2. The quantitative estimate of drug-likeness (QED) is 0.646. The average molecular weight is 378 g/mol. The molecule has 144 valence electrons. The first-order valence-corrected chi connectivity index (χ1v) is 8.95. The van der Waals surface area contributed by atoms with Crippen LogP contribution in [0.25, 0.3) is 10.8 Å². The maximum absolute atomic E-state index is 12.1. The number of ether oxygens (including phenoxy) is 2. The minimum absolute atomic E-state index is 0.221. The number of carbonyl (C=O) groups excluding carboxylic acids is 2. The van der Waals surface area contributed by atoms with Crippen molar-refractivity contribution < 1.29 is 19.1 Å². The molecule has 0 saturated heterocycles. The van der Waals surface area contributed by atoms with Crippen LogP contribution >= 0.6 is 0 Å². The van der Waals surface area contributed by atoms with Gasteiger partial charge < -0.3 is 9.47 Å². The fourth-order valence-electron chi connectivity index (χ4n) is 2.61. The lowest BCUT2D eigenvalue weighted by Gasteiger charge is -2.15. The highest BCUT2D eigenvalue weighted by Gasteiger charge is 2.15. The Morgan fingerprint density at radius 1 is 0.929 bits per heavy atom. The van der Waals surface area contributed by atoms with E-state index in [-0.39, 0.29) is 6.61 Å². The van der Waals surface area contributed by atoms with Gasteiger partial charge in [-0.3, -0.25) is 20.4 Å². The Hall–Kier alpha value is -3.54. The third-order valence-electron chi connectivity index (χ3n) is 4.14. The lowest BCUT2D eigenvalue weighted by Crippen LogP contribution is -2.48. The lowest BCUT2D eigenvalue weighted by molar-refractivity contribution is -0.133. The molecule has 0 aliphatic heterocycles. The van der Waals surface area contributed by atoms with E-state index >= 15 is 0 Å². The molecule has 0 radical (unpaired) electrons. The van der Waals surface area contributed by atoms with Crippen LogP contribution in [-0.4, -0.2) is 24.5 Å². The third-order valence-corrected chi connectivity index (χ3v) is 4.14. The molecule has 2 amide bonds. The van der Waals surface area contributed by atoms with Crippen LogP contribution in [0.4, 0.5) is 0 Å². The third kappa shape index (κ3) is 5.01. The van der Waals surface area contributed by atoms with Gasteiger partial charge in [0.05, 0.1) is 0 Å². The van der Waals surface area contributed by atoms with Crippen molar-refractivity contribution in [3.63, 3.8) is 0 Å². The van der Waals surface area contributed by atoms with E-state index in [1.165, 1.54) is 0 Å². The maximum atomic E-state index is 12.1. The van der Waals surface area contributed by atoms with Gasteiger partial charge in [0.25, 0.3) is 11.8 Å². The monoisotopic (exact) mass is 378 g/mol. The van der Waals surface area contributed by atoms with Gasteiger partial charge in [-0.25, -0.2) is 0 Å². The Kier molecular flexibility index (Phi) is 6.11. The lowest BCUT2D eigenvalue weighted by atomic mass is 10.1. The smallest absolute Gasteiger partial charge is 0.279 e. The number of hydrazine groups is 1. The molecule has 6 heteroatoms. The van der Waals surface area contributed by atoms with Gasteiger partial charge in [-0.15, -0.1) is 0 Å². The second-order valence-corrected chi connectivity index (χ2v) is 6.38. The molecule has 3 rings (SSSR count). The summed E-state index contributed by atoms with van der Waals surface area (Å²) in [4.78, 5) is 24.1. The summed E-state index contributed by atoms with van der Waals surface area (Å²) in [6.07, 6.45) is -0.762. The Morgan fingerprint density at radius 2 is 1.64 bits per heavy atom.